The van der Waals surface area contributed by atoms with Crippen molar-refractivity contribution in [3.05, 3.63) is 76.6 Å². The minimum Gasteiger partial charge on any atom is -0.504 e. The molecule has 138 valence electrons. The lowest BCUT2D eigenvalue weighted by Crippen LogP contribution is -2.20. The van der Waals surface area contributed by atoms with Crippen LogP contribution in [0, 0.1) is 0 Å². The van der Waals surface area contributed by atoms with Crippen molar-refractivity contribution in [2.45, 2.75) is 13.1 Å². The summed E-state index contributed by atoms with van der Waals surface area (Å²) in [6.07, 6.45) is 4.61. The van der Waals surface area contributed by atoms with Gasteiger partial charge in [-0.2, -0.15) is 0 Å². The first kappa shape index (κ1) is 18.5. The summed E-state index contributed by atoms with van der Waals surface area (Å²) in [5, 5.41) is 30.1. The standard InChI is InChI=1S/C19H17ClN4O3/c20-16-4-2-1-3-14(16)11-24-12-15(22-23-24)10-21-19(27)8-6-13-5-7-17(25)18(26)9-13/h1-9,12,25-26H,10-11H2,(H,21,27)/b8-6+. The van der Waals surface area contributed by atoms with Crippen molar-refractivity contribution in [3.63, 3.8) is 0 Å². The van der Waals surface area contributed by atoms with Crippen molar-refractivity contribution in [2.75, 3.05) is 0 Å². The Balaban J connectivity index is 1.53. The maximum atomic E-state index is 11.9. The largest absolute Gasteiger partial charge is 0.504 e. The predicted octanol–water partition coefficient (Wildman–Crippen LogP) is 2.72. The van der Waals surface area contributed by atoms with Gasteiger partial charge in [0, 0.05) is 11.1 Å². The topological polar surface area (TPSA) is 100 Å². The first-order valence-electron chi connectivity index (χ1n) is 8.11. The van der Waals surface area contributed by atoms with Gasteiger partial charge in [-0.25, -0.2) is 4.68 Å². The van der Waals surface area contributed by atoms with Crippen LogP contribution < -0.4 is 5.32 Å². The lowest BCUT2D eigenvalue weighted by molar-refractivity contribution is -0.116. The van der Waals surface area contributed by atoms with Crippen LogP contribution >= 0.6 is 11.6 Å². The van der Waals surface area contributed by atoms with Crippen molar-refractivity contribution < 1.29 is 15.0 Å². The van der Waals surface area contributed by atoms with Crippen molar-refractivity contribution >= 4 is 23.6 Å². The molecule has 0 aliphatic rings. The smallest absolute Gasteiger partial charge is 0.244 e. The Morgan fingerprint density at radius 2 is 2.00 bits per heavy atom. The van der Waals surface area contributed by atoms with Crippen molar-refractivity contribution in [1.82, 2.24) is 20.3 Å². The molecular weight excluding hydrogens is 368 g/mol. The number of hydrogen-bond acceptors (Lipinski definition) is 5. The number of hydrogen-bond donors (Lipinski definition) is 3. The van der Waals surface area contributed by atoms with Crippen LogP contribution in [0.2, 0.25) is 5.02 Å². The van der Waals surface area contributed by atoms with Gasteiger partial charge in [-0.1, -0.05) is 41.1 Å². The van der Waals surface area contributed by atoms with Gasteiger partial charge in [-0.15, -0.1) is 5.10 Å². The maximum absolute atomic E-state index is 11.9. The molecule has 0 spiro atoms. The van der Waals surface area contributed by atoms with Gasteiger partial charge in [0.1, 0.15) is 5.69 Å². The van der Waals surface area contributed by atoms with E-state index in [9.17, 15) is 15.0 Å². The minimum atomic E-state index is -0.316. The van der Waals surface area contributed by atoms with Crippen LogP contribution in [-0.2, 0) is 17.9 Å². The molecule has 7 nitrogen and oxygen atoms in total. The van der Waals surface area contributed by atoms with Gasteiger partial charge in [-0.05, 0) is 35.4 Å². The first-order valence-corrected chi connectivity index (χ1v) is 8.49. The molecule has 0 bridgehead atoms. The molecular formula is C19H17ClN4O3. The van der Waals surface area contributed by atoms with Crippen LogP contribution in [0.1, 0.15) is 16.8 Å². The number of carbonyl (C=O) groups excluding carboxylic acids is 1. The zero-order chi connectivity index (χ0) is 19.2. The Labute approximate surface area is 160 Å². The second-order valence-electron chi connectivity index (χ2n) is 5.80. The van der Waals surface area contributed by atoms with Crippen LogP contribution in [-0.4, -0.2) is 31.1 Å². The maximum Gasteiger partial charge on any atom is 0.244 e. The van der Waals surface area contributed by atoms with Gasteiger partial charge in [0.25, 0.3) is 0 Å². The first-order chi connectivity index (χ1) is 13.0. The van der Waals surface area contributed by atoms with Gasteiger partial charge in [0.05, 0.1) is 19.3 Å². The van der Waals surface area contributed by atoms with E-state index in [2.05, 4.69) is 15.6 Å². The molecule has 0 aliphatic carbocycles. The van der Waals surface area contributed by atoms with Gasteiger partial charge < -0.3 is 15.5 Å². The fourth-order valence-corrected chi connectivity index (χ4v) is 2.55. The Morgan fingerprint density at radius 1 is 1.19 bits per heavy atom. The molecule has 0 fully saturated rings. The molecule has 3 aromatic rings. The van der Waals surface area contributed by atoms with Crippen LogP contribution in [0.5, 0.6) is 11.5 Å². The summed E-state index contributed by atoms with van der Waals surface area (Å²) in [6.45, 7) is 0.720. The number of amides is 1. The third kappa shape index (κ3) is 5.08. The van der Waals surface area contributed by atoms with E-state index in [0.29, 0.717) is 22.8 Å². The quantitative estimate of drug-likeness (QED) is 0.448. The number of carbonyl (C=O) groups is 1. The second-order valence-corrected chi connectivity index (χ2v) is 6.21. The normalized spacial score (nSPS) is 11.0. The molecule has 0 aliphatic heterocycles. The van der Waals surface area contributed by atoms with E-state index in [1.165, 1.54) is 24.3 Å². The predicted molar refractivity (Wildman–Crippen MR) is 101 cm³/mol. The third-order valence-electron chi connectivity index (χ3n) is 3.75. The summed E-state index contributed by atoms with van der Waals surface area (Å²) in [7, 11) is 0. The van der Waals surface area contributed by atoms with E-state index in [0.717, 1.165) is 5.56 Å². The molecule has 0 atom stereocenters. The van der Waals surface area contributed by atoms with Crippen molar-refractivity contribution in [1.29, 1.82) is 0 Å². The highest BCUT2D eigenvalue weighted by molar-refractivity contribution is 6.31. The molecule has 1 heterocycles. The summed E-state index contributed by atoms with van der Waals surface area (Å²) in [5.41, 5.74) is 2.14. The summed E-state index contributed by atoms with van der Waals surface area (Å²) in [5.74, 6) is -0.771. The summed E-state index contributed by atoms with van der Waals surface area (Å²) < 4.78 is 1.65. The number of aromatic hydroxyl groups is 2. The monoisotopic (exact) mass is 384 g/mol. The number of benzene rings is 2. The number of phenolic OH excluding ortho intramolecular Hbond substituents is 2. The highest BCUT2D eigenvalue weighted by atomic mass is 35.5. The Bertz CT molecular complexity index is 985. The number of aromatic nitrogens is 3. The molecule has 3 N–H and O–H groups in total. The number of nitrogens with zero attached hydrogens (tertiary/aromatic N) is 3. The second kappa shape index (κ2) is 8.37. The lowest BCUT2D eigenvalue weighted by Gasteiger charge is -2.02. The van der Waals surface area contributed by atoms with Gasteiger partial charge >= 0.3 is 0 Å². The van der Waals surface area contributed by atoms with E-state index < -0.39 is 0 Å². The zero-order valence-electron chi connectivity index (χ0n) is 14.2. The van der Waals surface area contributed by atoms with E-state index in [-0.39, 0.29) is 24.0 Å². The summed E-state index contributed by atoms with van der Waals surface area (Å²) >= 11 is 6.13. The molecule has 2 aromatic carbocycles. The van der Waals surface area contributed by atoms with Gasteiger partial charge in [0.2, 0.25) is 5.91 Å². The average molecular weight is 385 g/mol. The molecule has 3 rings (SSSR count). The van der Waals surface area contributed by atoms with Crippen LogP contribution in [0.25, 0.3) is 6.08 Å². The van der Waals surface area contributed by atoms with Crippen molar-refractivity contribution in [3.8, 4) is 11.5 Å². The van der Waals surface area contributed by atoms with Gasteiger partial charge in [0.15, 0.2) is 11.5 Å². The summed E-state index contributed by atoms with van der Waals surface area (Å²) in [6, 6.07) is 11.8. The summed E-state index contributed by atoms with van der Waals surface area (Å²) in [4.78, 5) is 11.9. The molecule has 0 unspecified atom stereocenters. The molecule has 0 saturated carbocycles. The Hall–Kier alpha value is -3.32. The van der Waals surface area contributed by atoms with Crippen LogP contribution in [0.3, 0.4) is 0 Å². The van der Waals surface area contributed by atoms with E-state index in [1.54, 1.807) is 16.9 Å². The van der Waals surface area contributed by atoms with Crippen LogP contribution in [0.15, 0.2) is 54.7 Å². The third-order valence-corrected chi connectivity index (χ3v) is 4.12. The molecule has 27 heavy (non-hydrogen) atoms. The van der Waals surface area contributed by atoms with E-state index in [1.807, 2.05) is 24.3 Å². The fourth-order valence-electron chi connectivity index (χ4n) is 2.35. The van der Waals surface area contributed by atoms with E-state index in [4.69, 9.17) is 11.6 Å². The SMILES string of the molecule is O=C(/C=C/c1ccc(O)c(O)c1)NCc1cn(Cc2ccccc2Cl)nn1. The number of nitrogens with one attached hydrogen (secondary N) is 1. The zero-order valence-corrected chi connectivity index (χ0v) is 15.0. The van der Waals surface area contributed by atoms with Crippen LogP contribution in [0.4, 0.5) is 0 Å². The molecule has 1 amide bonds. The van der Waals surface area contributed by atoms with Gasteiger partial charge in [-0.3, -0.25) is 4.79 Å². The molecule has 0 saturated heterocycles. The fraction of sp³-hybridized carbons (Fsp3) is 0.105. The average Bonchev–Trinajstić information content (AvgIpc) is 3.10. The highest BCUT2D eigenvalue weighted by Crippen LogP contribution is 2.25. The molecule has 8 heteroatoms. The minimum absolute atomic E-state index is 0.212. The number of phenols is 2. The van der Waals surface area contributed by atoms with Crippen molar-refractivity contribution in [2.24, 2.45) is 0 Å². The Morgan fingerprint density at radius 3 is 2.78 bits per heavy atom. The number of halogens is 1. The number of rotatable bonds is 6. The molecule has 1 aromatic heterocycles. The molecule has 0 radical (unpaired) electrons. The van der Waals surface area contributed by atoms with E-state index >= 15 is 0 Å². The lowest BCUT2D eigenvalue weighted by atomic mass is 10.2. The highest BCUT2D eigenvalue weighted by Gasteiger charge is 2.05. The Kier molecular flexibility index (Phi) is 5.73.